The lowest BCUT2D eigenvalue weighted by Gasteiger charge is -2.23. The van der Waals surface area contributed by atoms with E-state index in [1.165, 1.54) is 41.2 Å². The van der Waals surface area contributed by atoms with Gasteiger partial charge in [0, 0.05) is 21.9 Å². The standard InChI is InChI=1S/C17H18O2/c1-18-16-12-5-3-4-6-13(12)17(19-2)15-11-8-7-10(9-11)14(15)16/h3-6,10-11H,7-9H2,1-2H3/t10-,11-/m1/s1. The summed E-state index contributed by atoms with van der Waals surface area (Å²) < 4.78 is 11.5. The summed E-state index contributed by atoms with van der Waals surface area (Å²) in [6, 6.07) is 8.43. The van der Waals surface area contributed by atoms with E-state index in [-0.39, 0.29) is 0 Å². The average molecular weight is 254 g/mol. The molecule has 0 aromatic heterocycles. The van der Waals surface area contributed by atoms with Crippen molar-refractivity contribution in [1.82, 2.24) is 0 Å². The van der Waals surface area contributed by atoms with Crippen LogP contribution in [-0.4, -0.2) is 14.2 Å². The average Bonchev–Trinajstić information content (AvgIpc) is 3.06. The summed E-state index contributed by atoms with van der Waals surface area (Å²) in [6.45, 7) is 0. The normalized spacial score (nSPS) is 23.7. The molecule has 2 aromatic rings. The van der Waals surface area contributed by atoms with E-state index in [2.05, 4.69) is 24.3 Å². The van der Waals surface area contributed by atoms with Crippen LogP contribution in [0.25, 0.3) is 10.8 Å². The van der Waals surface area contributed by atoms with Gasteiger partial charge in [-0.1, -0.05) is 24.3 Å². The molecule has 0 aliphatic heterocycles. The number of benzene rings is 2. The monoisotopic (exact) mass is 254 g/mol. The Morgan fingerprint density at radius 3 is 1.74 bits per heavy atom. The first-order valence-corrected chi connectivity index (χ1v) is 7.01. The van der Waals surface area contributed by atoms with E-state index in [1.807, 2.05) is 0 Å². The molecule has 4 rings (SSSR count). The molecule has 0 N–H and O–H groups in total. The highest BCUT2D eigenvalue weighted by Crippen LogP contribution is 2.60. The van der Waals surface area contributed by atoms with Crippen LogP contribution >= 0.6 is 0 Å². The second-order valence-electron chi connectivity index (χ2n) is 5.65. The molecule has 0 radical (unpaired) electrons. The van der Waals surface area contributed by atoms with Gasteiger partial charge in [-0.3, -0.25) is 0 Å². The topological polar surface area (TPSA) is 18.5 Å². The zero-order chi connectivity index (χ0) is 13.0. The minimum atomic E-state index is 0.674. The lowest BCUT2D eigenvalue weighted by molar-refractivity contribution is 0.398. The van der Waals surface area contributed by atoms with Crippen molar-refractivity contribution in [3.63, 3.8) is 0 Å². The van der Waals surface area contributed by atoms with Crippen molar-refractivity contribution in [2.45, 2.75) is 31.1 Å². The van der Waals surface area contributed by atoms with Gasteiger partial charge in [0.15, 0.2) is 0 Å². The van der Waals surface area contributed by atoms with Crippen molar-refractivity contribution in [2.75, 3.05) is 14.2 Å². The first kappa shape index (κ1) is 11.2. The Hall–Kier alpha value is -1.70. The van der Waals surface area contributed by atoms with Crippen LogP contribution in [0.4, 0.5) is 0 Å². The molecule has 2 nitrogen and oxygen atoms in total. The number of methoxy groups -OCH3 is 2. The third-order valence-electron chi connectivity index (χ3n) is 4.85. The Morgan fingerprint density at radius 1 is 0.842 bits per heavy atom. The predicted octanol–water partition coefficient (Wildman–Crippen LogP) is 4.22. The zero-order valence-electron chi connectivity index (χ0n) is 11.4. The van der Waals surface area contributed by atoms with Crippen molar-refractivity contribution in [3.05, 3.63) is 35.4 Å². The first-order valence-electron chi connectivity index (χ1n) is 7.01. The molecule has 0 saturated heterocycles. The van der Waals surface area contributed by atoms with E-state index in [1.54, 1.807) is 14.2 Å². The highest BCUT2D eigenvalue weighted by Gasteiger charge is 2.42. The maximum Gasteiger partial charge on any atom is 0.130 e. The fraction of sp³-hybridized carbons (Fsp3) is 0.412. The summed E-state index contributed by atoms with van der Waals surface area (Å²) >= 11 is 0. The summed E-state index contributed by atoms with van der Waals surface area (Å²) in [5, 5.41) is 2.38. The van der Waals surface area contributed by atoms with E-state index in [0.29, 0.717) is 11.8 Å². The Morgan fingerprint density at radius 2 is 1.32 bits per heavy atom. The molecular weight excluding hydrogens is 236 g/mol. The second-order valence-corrected chi connectivity index (χ2v) is 5.65. The third-order valence-corrected chi connectivity index (χ3v) is 4.85. The lowest BCUT2D eigenvalue weighted by atomic mass is 9.87. The molecule has 0 heterocycles. The smallest absolute Gasteiger partial charge is 0.130 e. The molecular formula is C17H18O2. The van der Waals surface area contributed by atoms with E-state index < -0.39 is 0 Å². The SMILES string of the molecule is COc1c2c(c(OC)c3ccccc13)[C@@H]1CC[C@@H]2C1. The number of rotatable bonds is 2. The summed E-state index contributed by atoms with van der Waals surface area (Å²) in [5.74, 6) is 3.51. The Balaban J connectivity index is 2.16. The van der Waals surface area contributed by atoms with E-state index in [4.69, 9.17) is 9.47 Å². The Kier molecular flexibility index (Phi) is 2.29. The van der Waals surface area contributed by atoms with Crippen molar-refractivity contribution in [2.24, 2.45) is 0 Å². The van der Waals surface area contributed by atoms with Gasteiger partial charge in [0.05, 0.1) is 14.2 Å². The number of hydrogen-bond donors (Lipinski definition) is 0. The van der Waals surface area contributed by atoms with Crippen molar-refractivity contribution >= 4 is 10.8 Å². The molecule has 0 amide bonds. The zero-order valence-corrected chi connectivity index (χ0v) is 11.4. The number of ether oxygens (including phenoxy) is 2. The Bertz CT molecular complexity index is 603. The fourth-order valence-electron chi connectivity index (χ4n) is 4.17. The summed E-state index contributed by atoms with van der Waals surface area (Å²) in [5.41, 5.74) is 2.85. The highest BCUT2D eigenvalue weighted by molar-refractivity contribution is 5.97. The van der Waals surface area contributed by atoms with Gasteiger partial charge in [-0.25, -0.2) is 0 Å². The molecule has 2 aromatic carbocycles. The molecule has 2 bridgehead atoms. The van der Waals surface area contributed by atoms with Crippen LogP contribution in [0.5, 0.6) is 11.5 Å². The quantitative estimate of drug-likeness (QED) is 0.798. The first-order chi connectivity index (χ1) is 9.35. The van der Waals surface area contributed by atoms with Gasteiger partial charge in [0.25, 0.3) is 0 Å². The van der Waals surface area contributed by atoms with Crippen molar-refractivity contribution in [3.8, 4) is 11.5 Å². The van der Waals surface area contributed by atoms with Crippen LogP contribution in [0.2, 0.25) is 0 Å². The molecule has 2 atom stereocenters. The van der Waals surface area contributed by atoms with Crippen LogP contribution in [-0.2, 0) is 0 Å². The van der Waals surface area contributed by atoms with Crippen LogP contribution in [0, 0.1) is 0 Å². The molecule has 1 fully saturated rings. The largest absolute Gasteiger partial charge is 0.496 e. The number of hydrogen-bond acceptors (Lipinski definition) is 2. The van der Waals surface area contributed by atoms with Crippen molar-refractivity contribution in [1.29, 1.82) is 0 Å². The molecule has 19 heavy (non-hydrogen) atoms. The van der Waals surface area contributed by atoms with Crippen LogP contribution in [0.15, 0.2) is 24.3 Å². The summed E-state index contributed by atoms with van der Waals surface area (Å²) in [4.78, 5) is 0. The molecule has 0 unspecified atom stereocenters. The van der Waals surface area contributed by atoms with E-state index in [0.717, 1.165) is 11.5 Å². The molecule has 1 saturated carbocycles. The molecule has 2 heteroatoms. The van der Waals surface area contributed by atoms with Gasteiger partial charge in [-0.15, -0.1) is 0 Å². The van der Waals surface area contributed by atoms with E-state index >= 15 is 0 Å². The lowest BCUT2D eigenvalue weighted by Crippen LogP contribution is -2.05. The molecule has 2 aliphatic carbocycles. The number of fused-ring (bicyclic) bond motifs is 6. The maximum atomic E-state index is 5.77. The van der Waals surface area contributed by atoms with Crippen molar-refractivity contribution < 1.29 is 9.47 Å². The van der Waals surface area contributed by atoms with Gasteiger partial charge < -0.3 is 9.47 Å². The molecule has 98 valence electrons. The summed E-state index contributed by atoms with van der Waals surface area (Å²) in [7, 11) is 3.58. The van der Waals surface area contributed by atoms with Gasteiger partial charge in [0.1, 0.15) is 11.5 Å². The highest BCUT2D eigenvalue weighted by atomic mass is 16.5. The van der Waals surface area contributed by atoms with Gasteiger partial charge in [0.2, 0.25) is 0 Å². The second kappa shape index (κ2) is 3.89. The third kappa shape index (κ3) is 1.32. The minimum Gasteiger partial charge on any atom is -0.496 e. The van der Waals surface area contributed by atoms with Gasteiger partial charge >= 0.3 is 0 Å². The summed E-state index contributed by atoms with van der Waals surface area (Å²) in [6.07, 6.45) is 3.88. The maximum absolute atomic E-state index is 5.77. The minimum absolute atomic E-state index is 0.674. The molecule has 2 aliphatic rings. The van der Waals surface area contributed by atoms with Gasteiger partial charge in [-0.2, -0.15) is 0 Å². The van der Waals surface area contributed by atoms with E-state index in [9.17, 15) is 0 Å². The van der Waals surface area contributed by atoms with Crippen LogP contribution in [0.3, 0.4) is 0 Å². The van der Waals surface area contributed by atoms with Crippen LogP contribution < -0.4 is 9.47 Å². The molecule has 0 spiro atoms. The predicted molar refractivity (Wildman–Crippen MR) is 76.4 cm³/mol. The fourth-order valence-corrected chi connectivity index (χ4v) is 4.17. The van der Waals surface area contributed by atoms with Crippen LogP contribution in [0.1, 0.15) is 42.2 Å². The Labute approximate surface area is 113 Å². The van der Waals surface area contributed by atoms with Gasteiger partial charge in [-0.05, 0) is 31.1 Å².